The highest BCUT2D eigenvalue weighted by atomic mass is 14.9. The van der Waals surface area contributed by atoms with Crippen LogP contribution in [0.2, 0.25) is 0 Å². The van der Waals surface area contributed by atoms with Crippen molar-refractivity contribution in [3.05, 3.63) is 22.8 Å². The van der Waals surface area contributed by atoms with Crippen LogP contribution in [0.5, 0.6) is 0 Å². The van der Waals surface area contributed by atoms with Gasteiger partial charge in [0, 0.05) is 17.3 Å². The number of hydrogen-bond acceptors (Lipinski definition) is 3. The summed E-state index contributed by atoms with van der Waals surface area (Å²) in [5.41, 5.74) is 3.66. The SMILES string of the molecule is CCNCCCc1c(C)nc(C(C)CC)nc1C. The van der Waals surface area contributed by atoms with Gasteiger partial charge in [0.2, 0.25) is 0 Å². The van der Waals surface area contributed by atoms with Gasteiger partial charge in [0.05, 0.1) is 0 Å². The van der Waals surface area contributed by atoms with Crippen molar-refractivity contribution in [1.82, 2.24) is 15.3 Å². The first-order chi connectivity index (χ1) is 8.60. The summed E-state index contributed by atoms with van der Waals surface area (Å²) in [6.45, 7) is 12.9. The minimum atomic E-state index is 0.457. The molecule has 18 heavy (non-hydrogen) atoms. The summed E-state index contributed by atoms with van der Waals surface area (Å²) in [6, 6.07) is 0. The molecule has 1 atom stereocenters. The predicted octanol–water partition coefficient (Wildman–Crippen LogP) is 3.15. The Labute approximate surface area is 111 Å². The fraction of sp³-hybridized carbons (Fsp3) is 0.733. The molecule has 1 rings (SSSR count). The van der Waals surface area contributed by atoms with Gasteiger partial charge in [0.25, 0.3) is 0 Å². The van der Waals surface area contributed by atoms with Crippen LogP contribution < -0.4 is 5.32 Å². The van der Waals surface area contributed by atoms with Gasteiger partial charge in [-0.3, -0.25) is 0 Å². The monoisotopic (exact) mass is 249 g/mol. The summed E-state index contributed by atoms with van der Waals surface area (Å²) in [4.78, 5) is 9.34. The Kier molecular flexibility index (Phi) is 6.27. The van der Waals surface area contributed by atoms with Gasteiger partial charge in [-0.15, -0.1) is 0 Å². The maximum Gasteiger partial charge on any atom is 0.131 e. The third kappa shape index (κ3) is 4.05. The van der Waals surface area contributed by atoms with E-state index in [9.17, 15) is 0 Å². The Morgan fingerprint density at radius 3 is 2.22 bits per heavy atom. The third-order valence-corrected chi connectivity index (χ3v) is 3.52. The van der Waals surface area contributed by atoms with Crippen molar-refractivity contribution in [3.8, 4) is 0 Å². The summed E-state index contributed by atoms with van der Waals surface area (Å²) < 4.78 is 0. The topological polar surface area (TPSA) is 37.8 Å². The van der Waals surface area contributed by atoms with Gasteiger partial charge in [-0.25, -0.2) is 9.97 Å². The number of aryl methyl sites for hydroxylation is 2. The molecule has 0 bridgehead atoms. The summed E-state index contributed by atoms with van der Waals surface area (Å²) in [5.74, 6) is 1.46. The highest BCUT2D eigenvalue weighted by molar-refractivity contribution is 5.25. The second-order valence-corrected chi connectivity index (χ2v) is 5.00. The van der Waals surface area contributed by atoms with Crippen LogP contribution in [0.3, 0.4) is 0 Å². The molecule has 0 aliphatic heterocycles. The van der Waals surface area contributed by atoms with E-state index in [0.717, 1.165) is 49.6 Å². The first kappa shape index (κ1) is 15.1. The van der Waals surface area contributed by atoms with E-state index in [0.29, 0.717) is 5.92 Å². The normalized spacial score (nSPS) is 12.7. The molecule has 0 saturated heterocycles. The van der Waals surface area contributed by atoms with E-state index >= 15 is 0 Å². The van der Waals surface area contributed by atoms with Crippen molar-refractivity contribution in [2.45, 2.75) is 59.8 Å². The number of nitrogens with one attached hydrogen (secondary N) is 1. The smallest absolute Gasteiger partial charge is 0.131 e. The van der Waals surface area contributed by atoms with Crippen molar-refractivity contribution >= 4 is 0 Å². The summed E-state index contributed by atoms with van der Waals surface area (Å²) in [5, 5.41) is 3.36. The van der Waals surface area contributed by atoms with E-state index in [-0.39, 0.29) is 0 Å². The third-order valence-electron chi connectivity index (χ3n) is 3.52. The maximum absolute atomic E-state index is 4.67. The van der Waals surface area contributed by atoms with Crippen LogP contribution in [0.1, 0.15) is 62.3 Å². The van der Waals surface area contributed by atoms with Crippen LogP contribution in [0.4, 0.5) is 0 Å². The highest BCUT2D eigenvalue weighted by Gasteiger charge is 2.12. The average Bonchev–Trinajstić information content (AvgIpc) is 2.35. The van der Waals surface area contributed by atoms with Crippen LogP contribution in [-0.4, -0.2) is 23.1 Å². The molecule has 3 heteroatoms. The van der Waals surface area contributed by atoms with Crippen molar-refractivity contribution < 1.29 is 0 Å². The van der Waals surface area contributed by atoms with Gasteiger partial charge < -0.3 is 5.32 Å². The number of rotatable bonds is 7. The predicted molar refractivity (Wildman–Crippen MR) is 77.1 cm³/mol. The number of aromatic nitrogens is 2. The molecule has 0 fully saturated rings. The molecule has 0 saturated carbocycles. The molecular weight excluding hydrogens is 222 g/mol. The lowest BCUT2D eigenvalue weighted by molar-refractivity contribution is 0.649. The van der Waals surface area contributed by atoms with Gasteiger partial charge in [-0.05, 0) is 51.8 Å². The van der Waals surface area contributed by atoms with Gasteiger partial charge in [0.1, 0.15) is 5.82 Å². The first-order valence-corrected chi connectivity index (χ1v) is 7.14. The van der Waals surface area contributed by atoms with Crippen LogP contribution in [0.15, 0.2) is 0 Å². The standard InChI is InChI=1S/C15H27N3/c1-6-11(3)15-17-12(4)14(13(5)18-15)9-8-10-16-7-2/h11,16H,6-10H2,1-5H3. The molecule has 1 aromatic rings. The molecular formula is C15H27N3. The number of hydrogen-bond donors (Lipinski definition) is 1. The van der Waals surface area contributed by atoms with Gasteiger partial charge in [-0.1, -0.05) is 20.8 Å². The molecule has 1 heterocycles. The van der Waals surface area contributed by atoms with Crippen molar-refractivity contribution in [2.24, 2.45) is 0 Å². The van der Waals surface area contributed by atoms with Crippen LogP contribution >= 0.6 is 0 Å². The van der Waals surface area contributed by atoms with Crippen LogP contribution in [0.25, 0.3) is 0 Å². The van der Waals surface area contributed by atoms with Crippen LogP contribution in [-0.2, 0) is 6.42 Å². The lowest BCUT2D eigenvalue weighted by Crippen LogP contribution is -2.15. The summed E-state index contributed by atoms with van der Waals surface area (Å²) >= 11 is 0. The van der Waals surface area contributed by atoms with Crippen LogP contribution in [0, 0.1) is 13.8 Å². The average molecular weight is 249 g/mol. The van der Waals surface area contributed by atoms with Crippen molar-refractivity contribution in [1.29, 1.82) is 0 Å². The Morgan fingerprint density at radius 1 is 1.11 bits per heavy atom. The highest BCUT2D eigenvalue weighted by Crippen LogP contribution is 2.19. The molecule has 0 spiro atoms. The van der Waals surface area contributed by atoms with E-state index < -0.39 is 0 Å². The minimum Gasteiger partial charge on any atom is -0.317 e. The zero-order chi connectivity index (χ0) is 13.5. The lowest BCUT2D eigenvalue weighted by atomic mass is 10.0. The molecule has 3 nitrogen and oxygen atoms in total. The summed E-state index contributed by atoms with van der Waals surface area (Å²) in [6.07, 6.45) is 3.33. The maximum atomic E-state index is 4.67. The quantitative estimate of drug-likeness (QED) is 0.754. The zero-order valence-corrected chi connectivity index (χ0v) is 12.5. The van der Waals surface area contributed by atoms with E-state index in [1.165, 1.54) is 5.56 Å². The van der Waals surface area contributed by atoms with E-state index in [4.69, 9.17) is 0 Å². The van der Waals surface area contributed by atoms with E-state index in [2.05, 4.69) is 49.9 Å². The van der Waals surface area contributed by atoms with E-state index in [1.54, 1.807) is 0 Å². The van der Waals surface area contributed by atoms with Gasteiger partial charge in [0.15, 0.2) is 0 Å². The number of nitrogens with zero attached hydrogens (tertiary/aromatic N) is 2. The summed E-state index contributed by atoms with van der Waals surface area (Å²) in [7, 11) is 0. The minimum absolute atomic E-state index is 0.457. The molecule has 0 radical (unpaired) electrons. The van der Waals surface area contributed by atoms with Gasteiger partial charge in [-0.2, -0.15) is 0 Å². The zero-order valence-electron chi connectivity index (χ0n) is 12.5. The Balaban J connectivity index is 2.75. The molecule has 0 amide bonds. The lowest BCUT2D eigenvalue weighted by Gasteiger charge is -2.13. The largest absolute Gasteiger partial charge is 0.317 e. The second kappa shape index (κ2) is 7.47. The molecule has 1 N–H and O–H groups in total. The molecule has 1 aromatic heterocycles. The molecule has 0 aliphatic carbocycles. The molecule has 102 valence electrons. The van der Waals surface area contributed by atoms with E-state index in [1.807, 2.05) is 0 Å². The fourth-order valence-corrected chi connectivity index (χ4v) is 2.10. The van der Waals surface area contributed by atoms with Crippen molar-refractivity contribution in [3.63, 3.8) is 0 Å². The second-order valence-electron chi connectivity index (χ2n) is 5.00. The molecule has 0 aliphatic rings. The first-order valence-electron chi connectivity index (χ1n) is 7.14. The Morgan fingerprint density at radius 2 is 1.72 bits per heavy atom. The van der Waals surface area contributed by atoms with Gasteiger partial charge >= 0.3 is 0 Å². The molecule has 0 aromatic carbocycles. The fourth-order valence-electron chi connectivity index (χ4n) is 2.10. The van der Waals surface area contributed by atoms with Crippen molar-refractivity contribution in [2.75, 3.05) is 13.1 Å². The molecule has 1 unspecified atom stereocenters. The Hall–Kier alpha value is -0.960. The Bertz CT molecular complexity index is 351.